The van der Waals surface area contributed by atoms with Crippen LogP contribution in [-0.2, 0) is 13.0 Å². The largest absolute Gasteiger partial charge is 0.491 e. The lowest BCUT2D eigenvalue weighted by atomic mass is 9.79. The molecule has 2 rings (SSSR count). The van der Waals surface area contributed by atoms with E-state index in [9.17, 15) is 0 Å². The molecule has 0 aromatic carbocycles. The summed E-state index contributed by atoms with van der Waals surface area (Å²) in [4.78, 5) is 0. The van der Waals surface area contributed by atoms with Gasteiger partial charge in [-0.25, -0.2) is 0 Å². The number of aryl methyl sites for hydroxylation is 1. The maximum absolute atomic E-state index is 8.97. The van der Waals surface area contributed by atoms with E-state index >= 15 is 0 Å². The Balaban J connectivity index is 2.38. The van der Waals surface area contributed by atoms with E-state index in [1.165, 1.54) is 0 Å². The zero-order valence-corrected chi connectivity index (χ0v) is 6.77. The number of fused-ring (bicyclic) bond motifs is 1. The Hall–Kier alpha value is -0.805. The van der Waals surface area contributed by atoms with Gasteiger partial charge in [0, 0.05) is 23.9 Å². The molecule has 0 atom stereocenters. The quantitative estimate of drug-likeness (QED) is 0.520. The van der Waals surface area contributed by atoms with Gasteiger partial charge in [0.25, 0.3) is 0 Å². The van der Waals surface area contributed by atoms with Crippen LogP contribution in [0.15, 0.2) is 6.20 Å². The van der Waals surface area contributed by atoms with Crippen LogP contribution >= 0.6 is 0 Å². The Kier molecular flexibility index (Phi) is 1.90. The summed E-state index contributed by atoms with van der Waals surface area (Å²) in [5.41, 5.74) is 1.55. The molecule has 1 aromatic rings. The number of nitrogens with zero attached hydrogens (tertiary/aromatic N) is 2. The maximum atomic E-state index is 8.97. The molecule has 0 saturated carbocycles. The molecule has 0 fully saturated rings. The van der Waals surface area contributed by atoms with Gasteiger partial charge < -0.3 is 10.0 Å². The van der Waals surface area contributed by atoms with Gasteiger partial charge in [-0.3, -0.25) is 4.68 Å². The number of rotatable bonds is 1. The van der Waals surface area contributed by atoms with Crippen molar-refractivity contribution in [1.29, 1.82) is 0 Å². The van der Waals surface area contributed by atoms with Gasteiger partial charge >= 0.3 is 7.12 Å². The van der Waals surface area contributed by atoms with Crippen molar-refractivity contribution >= 4 is 12.6 Å². The Labute approximate surface area is 71.0 Å². The van der Waals surface area contributed by atoms with Gasteiger partial charge in [0.2, 0.25) is 0 Å². The molecule has 0 bridgehead atoms. The molecule has 1 aliphatic heterocycles. The van der Waals surface area contributed by atoms with Crippen molar-refractivity contribution in [2.75, 3.05) is 0 Å². The molecule has 2 heterocycles. The Bertz CT molecular complexity index is 285. The fourth-order valence-corrected chi connectivity index (χ4v) is 1.66. The molecule has 0 aliphatic carbocycles. The van der Waals surface area contributed by atoms with E-state index in [1.54, 1.807) is 6.20 Å². The fourth-order valence-electron chi connectivity index (χ4n) is 1.66. The van der Waals surface area contributed by atoms with Gasteiger partial charge in [-0.2, -0.15) is 5.10 Å². The van der Waals surface area contributed by atoms with Crippen LogP contribution in [0.25, 0.3) is 0 Å². The second kappa shape index (κ2) is 2.92. The van der Waals surface area contributed by atoms with E-state index < -0.39 is 7.12 Å². The van der Waals surface area contributed by atoms with Crippen molar-refractivity contribution in [2.24, 2.45) is 0 Å². The van der Waals surface area contributed by atoms with Gasteiger partial charge in [-0.1, -0.05) is 0 Å². The van der Waals surface area contributed by atoms with Crippen molar-refractivity contribution in [3.63, 3.8) is 0 Å². The number of hydrogen-bond donors (Lipinski definition) is 2. The molecule has 0 amide bonds. The molecule has 2 N–H and O–H groups in total. The lowest BCUT2D eigenvalue weighted by Gasteiger charge is -2.14. The van der Waals surface area contributed by atoms with E-state index in [1.807, 2.05) is 4.68 Å². The maximum Gasteiger partial charge on any atom is 0.491 e. The minimum absolute atomic E-state index is 0.565. The lowest BCUT2D eigenvalue weighted by Crippen LogP contribution is -2.33. The van der Waals surface area contributed by atoms with Gasteiger partial charge in [-0.05, 0) is 19.3 Å². The molecule has 5 heteroatoms. The summed E-state index contributed by atoms with van der Waals surface area (Å²) in [7, 11) is -1.37. The minimum atomic E-state index is -1.37. The molecule has 1 aromatic heterocycles. The first-order valence-corrected chi connectivity index (χ1v) is 4.20. The van der Waals surface area contributed by atoms with E-state index in [4.69, 9.17) is 10.0 Å². The molecule has 0 radical (unpaired) electrons. The van der Waals surface area contributed by atoms with Crippen LogP contribution < -0.4 is 5.46 Å². The standard InChI is InChI=1S/C7H11BN2O2/c11-8(12)6-5-9-10-4-2-1-3-7(6)10/h5,11-12H,1-4H2. The normalized spacial score (nSPS) is 15.8. The predicted molar refractivity (Wildman–Crippen MR) is 45.0 cm³/mol. The molecular formula is C7H11BN2O2. The summed E-state index contributed by atoms with van der Waals surface area (Å²) < 4.78 is 1.86. The molecule has 1 aliphatic rings. The zero-order chi connectivity index (χ0) is 8.55. The van der Waals surface area contributed by atoms with E-state index in [2.05, 4.69) is 5.10 Å². The average molecular weight is 166 g/mol. The summed E-state index contributed by atoms with van der Waals surface area (Å²) in [5, 5.41) is 22.0. The monoisotopic (exact) mass is 166 g/mol. The minimum Gasteiger partial charge on any atom is -0.423 e. The third-order valence-electron chi connectivity index (χ3n) is 2.29. The second-order valence-electron chi connectivity index (χ2n) is 3.10. The van der Waals surface area contributed by atoms with Crippen LogP contribution in [0.5, 0.6) is 0 Å². The van der Waals surface area contributed by atoms with Gasteiger partial charge in [0.05, 0.1) is 0 Å². The Morgan fingerprint density at radius 3 is 3.00 bits per heavy atom. The second-order valence-corrected chi connectivity index (χ2v) is 3.10. The lowest BCUT2D eigenvalue weighted by molar-refractivity contribution is 0.424. The average Bonchev–Trinajstić information content (AvgIpc) is 2.47. The predicted octanol–water partition coefficient (Wildman–Crippen LogP) is -1.10. The van der Waals surface area contributed by atoms with Crippen molar-refractivity contribution < 1.29 is 10.0 Å². The topological polar surface area (TPSA) is 58.3 Å². The first kappa shape index (κ1) is 7.82. The zero-order valence-electron chi connectivity index (χ0n) is 6.77. The summed E-state index contributed by atoms with van der Waals surface area (Å²) >= 11 is 0. The first-order chi connectivity index (χ1) is 5.79. The van der Waals surface area contributed by atoms with Gasteiger partial charge in [-0.15, -0.1) is 0 Å². The summed E-state index contributed by atoms with van der Waals surface area (Å²) in [6.45, 7) is 0.905. The first-order valence-electron chi connectivity index (χ1n) is 4.20. The highest BCUT2D eigenvalue weighted by Crippen LogP contribution is 2.11. The van der Waals surface area contributed by atoms with Crippen molar-refractivity contribution in [2.45, 2.75) is 25.8 Å². The Morgan fingerprint density at radius 1 is 1.42 bits per heavy atom. The van der Waals surface area contributed by atoms with Crippen LogP contribution in [0, 0.1) is 0 Å². The van der Waals surface area contributed by atoms with Gasteiger partial charge in [0.1, 0.15) is 0 Å². The van der Waals surface area contributed by atoms with Crippen molar-refractivity contribution in [3.8, 4) is 0 Å². The van der Waals surface area contributed by atoms with Crippen LogP contribution in [0.3, 0.4) is 0 Å². The molecular weight excluding hydrogens is 155 g/mol. The highest BCUT2D eigenvalue weighted by atomic mass is 16.4. The summed E-state index contributed by atoms with van der Waals surface area (Å²) in [6, 6.07) is 0. The van der Waals surface area contributed by atoms with E-state index in [-0.39, 0.29) is 0 Å². The molecule has 0 spiro atoms. The molecule has 0 saturated heterocycles. The highest BCUT2D eigenvalue weighted by molar-refractivity contribution is 6.59. The van der Waals surface area contributed by atoms with Crippen LogP contribution in [0.4, 0.5) is 0 Å². The van der Waals surface area contributed by atoms with E-state index in [0.29, 0.717) is 5.46 Å². The summed E-state index contributed by atoms with van der Waals surface area (Å²) in [5.74, 6) is 0. The SMILES string of the molecule is OB(O)c1cnn2c1CCCC2. The number of hydrogen-bond acceptors (Lipinski definition) is 3. The van der Waals surface area contributed by atoms with Crippen LogP contribution in [0.1, 0.15) is 18.5 Å². The van der Waals surface area contributed by atoms with Crippen molar-refractivity contribution in [1.82, 2.24) is 9.78 Å². The van der Waals surface area contributed by atoms with Crippen LogP contribution in [-0.4, -0.2) is 26.9 Å². The Morgan fingerprint density at radius 2 is 2.25 bits per heavy atom. The molecule has 4 nitrogen and oxygen atoms in total. The number of aromatic nitrogens is 2. The smallest absolute Gasteiger partial charge is 0.423 e. The fraction of sp³-hybridized carbons (Fsp3) is 0.571. The highest BCUT2D eigenvalue weighted by Gasteiger charge is 2.22. The third-order valence-corrected chi connectivity index (χ3v) is 2.29. The molecule has 64 valence electrons. The third kappa shape index (κ3) is 1.15. The van der Waals surface area contributed by atoms with E-state index in [0.717, 1.165) is 31.5 Å². The molecule has 0 unspecified atom stereocenters. The van der Waals surface area contributed by atoms with Crippen LogP contribution in [0.2, 0.25) is 0 Å². The molecule has 12 heavy (non-hydrogen) atoms. The summed E-state index contributed by atoms with van der Waals surface area (Å²) in [6.07, 6.45) is 4.71. The van der Waals surface area contributed by atoms with Crippen molar-refractivity contribution in [3.05, 3.63) is 11.9 Å². The van der Waals surface area contributed by atoms with Gasteiger partial charge in [0.15, 0.2) is 0 Å².